The molecule has 0 atom stereocenters. The molecule has 2 aromatic heterocycles. The topological polar surface area (TPSA) is 92.3 Å². The lowest BCUT2D eigenvalue weighted by Gasteiger charge is -2.25. The Hall–Kier alpha value is -1.52. The lowest BCUT2D eigenvalue weighted by atomic mass is 10.1. The molecule has 24 heavy (non-hydrogen) atoms. The molecule has 4 rings (SSSR count). The van der Waals surface area contributed by atoms with Crippen LogP contribution in [0.15, 0.2) is 5.51 Å². The monoisotopic (exact) mass is 384 g/mol. The smallest absolute Gasteiger partial charge is 0.266 e. The second-order valence-corrected chi connectivity index (χ2v) is 9.77. The lowest BCUT2D eigenvalue weighted by molar-refractivity contribution is 0.0739. The summed E-state index contributed by atoms with van der Waals surface area (Å²) in [6.07, 6.45) is 3.97. The van der Waals surface area contributed by atoms with E-state index in [1.807, 2.05) is 4.90 Å². The predicted octanol–water partition coefficient (Wildman–Crippen LogP) is 2.05. The molecule has 1 N–H and O–H groups in total. The molecule has 0 saturated heterocycles. The van der Waals surface area contributed by atoms with E-state index in [0.717, 1.165) is 40.2 Å². The van der Waals surface area contributed by atoms with Gasteiger partial charge in [-0.2, -0.15) is 0 Å². The summed E-state index contributed by atoms with van der Waals surface area (Å²) in [6.45, 7) is 1.06. The third kappa shape index (κ3) is 3.17. The summed E-state index contributed by atoms with van der Waals surface area (Å²) in [5, 5.41) is 0.369. The molecule has 1 aliphatic heterocycles. The Balaban J connectivity index is 1.53. The van der Waals surface area contributed by atoms with Gasteiger partial charge in [-0.25, -0.2) is 18.4 Å². The van der Waals surface area contributed by atoms with Gasteiger partial charge in [-0.15, -0.1) is 11.3 Å². The highest BCUT2D eigenvalue weighted by molar-refractivity contribution is 7.92. The van der Waals surface area contributed by atoms with Crippen LogP contribution in [0.5, 0.6) is 0 Å². The molecule has 2 aliphatic rings. The van der Waals surface area contributed by atoms with Crippen molar-refractivity contribution in [1.29, 1.82) is 0 Å². The summed E-state index contributed by atoms with van der Waals surface area (Å²) < 4.78 is 25.1. The van der Waals surface area contributed by atoms with Crippen LogP contribution in [0.25, 0.3) is 0 Å². The summed E-state index contributed by atoms with van der Waals surface area (Å²) in [7, 11) is -3.34. The SMILES string of the molecule is CS(=O)(=O)Nc1nc2c(s1)CN(C(=O)c1scnc1C1CC1)CC2. The van der Waals surface area contributed by atoms with Crippen molar-refractivity contribution in [2.24, 2.45) is 0 Å². The number of hydrogen-bond donors (Lipinski definition) is 1. The van der Waals surface area contributed by atoms with Crippen molar-refractivity contribution in [2.45, 2.75) is 31.7 Å². The minimum Gasteiger partial charge on any atom is -0.332 e. The van der Waals surface area contributed by atoms with Gasteiger partial charge in [-0.1, -0.05) is 11.3 Å². The number of nitrogens with zero attached hydrogens (tertiary/aromatic N) is 3. The summed E-state index contributed by atoms with van der Waals surface area (Å²) >= 11 is 2.70. The number of fused-ring (bicyclic) bond motifs is 1. The Bertz CT molecular complexity index is 898. The molecule has 0 spiro atoms. The van der Waals surface area contributed by atoms with Crippen LogP contribution < -0.4 is 4.72 Å². The number of carbonyl (C=O) groups excluding carboxylic acids is 1. The molecule has 1 aliphatic carbocycles. The molecule has 128 valence electrons. The molecule has 1 saturated carbocycles. The molecule has 1 amide bonds. The van der Waals surface area contributed by atoms with Crippen molar-refractivity contribution in [2.75, 3.05) is 17.5 Å². The largest absolute Gasteiger partial charge is 0.332 e. The van der Waals surface area contributed by atoms with Crippen LogP contribution >= 0.6 is 22.7 Å². The van der Waals surface area contributed by atoms with E-state index >= 15 is 0 Å². The van der Waals surface area contributed by atoms with Gasteiger partial charge in [0.15, 0.2) is 5.13 Å². The average molecular weight is 385 g/mol. The van der Waals surface area contributed by atoms with Crippen molar-refractivity contribution in [3.05, 3.63) is 26.7 Å². The number of carbonyl (C=O) groups is 1. The van der Waals surface area contributed by atoms with Gasteiger partial charge in [0.05, 0.1) is 29.7 Å². The Morgan fingerprint density at radius 1 is 1.42 bits per heavy atom. The Labute approximate surface area is 147 Å². The third-order valence-corrected chi connectivity index (χ3v) is 6.57. The third-order valence-electron chi connectivity index (χ3n) is 4.04. The number of sulfonamides is 1. The molecule has 0 aromatic carbocycles. The highest BCUT2D eigenvalue weighted by Gasteiger charge is 2.33. The minimum absolute atomic E-state index is 0.0241. The normalized spacial score (nSPS) is 17.6. The van der Waals surface area contributed by atoms with Crippen LogP contribution in [0.4, 0.5) is 5.13 Å². The molecule has 1 fully saturated rings. The van der Waals surface area contributed by atoms with Crippen LogP contribution in [-0.2, 0) is 23.0 Å². The van der Waals surface area contributed by atoms with Crippen molar-refractivity contribution >= 4 is 43.7 Å². The molecule has 0 unspecified atom stereocenters. The van der Waals surface area contributed by atoms with Crippen LogP contribution in [0, 0.1) is 0 Å². The Morgan fingerprint density at radius 3 is 2.92 bits per heavy atom. The van der Waals surface area contributed by atoms with Gasteiger partial charge in [0.1, 0.15) is 4.88 Å². The molecular weight excluding hydrogens is 368 g/mol. The zero-order chi connectivity index (χ0) is 16.9. The van der Waals surface area contributed by atoms with Crippen molar-refractivity contribution < 1.29 is 13.2 Å². The Kier molecular flexibility index (Phi) is 3.85. The van der Waals surface area contributed by atoms with Gasteiger partial charge in [0.2, 0.25) is 10.0 Å². The molecule has 0 radical (unpaired) electrons. The first-order valence-corrected chi connectivity index (χ1v) is 11.2. The number of rotatable bonds is 4. The van der Waals surface area contributed by atoms with Crippen LogP contribution in [0.1, 0.15) is 44.7 Å². The summed E-state index contributed by atoms with van der Waals surface area (Å²) in [5.41, 5.74) is 3.57. The Morgan fingerprint density at radius 2 is 2.21 bits per heavy atom. The van der Waals surface area contributed by atoms with Crippen LogP contribution in [-0.4, -0.2) is 42.0 Å². The zero-order valence-electron chi connectivity index (χ0n) is 13.0. The lowest BCUT2D eigenvalue weighted by Crippen LogP contribution is -2.35. The average Bonchev–Trinajstić information content (AvgIpc) is 3.09. The van der Waals surface area contributed by atoms with Crippen molar-refractivity contribution in [3.63, 3.8) is 0 Å². The molecule has 0 bridgehead atoms. The van der Waals surface area contributed by atoms with E-state index < -0.39 is 10.0 Å². The maximum atomic E-state index is 12.8. The van der Waals surface area contributed by atoms with Gasteiger partial charge in [-0.05, 0) is 12.8 Å². The maximum Gasteiger partial charge on any atom is 0.266 e. The van der Waals surface area contributed by atoms with E-state index in [0.29, 0.717) is 30.6 Å². The first-order valence-electron chi connectivity index (χ1n) is 7.60. The summed E-state index contributed by atoms with van der Waals surface area (Å²) in [6, 6.07) is 0. The fourth-order valence-corrected chi connectivity index (χ4v) is 5.48. The number of aromatic nitrogens is 2. The summed E-state index contributed by atoms with van der Waals surface area (Å²) in [5.74, 6) is 0.473. The predicted molar refractivity (Wildman–Crippen MR) is 93.1 cm³/mol. The van der Waals surface area contributed by atoms with Crippen molar-refractivity contribution in [1.82, 2.24) is 14.9 Å². The zero-order valence-corrected chi connectivity index (χ0v) is 15.4. The van der Waals surface area contributed by atoms with Gasteiger partial charge < -0.3 is 4.90 Å². The van der Waals surface area contributed by atoms with Gasteiger partial charge in [0, 0.05) is 23.8 Å². The molecule has 10 heteroatoms. The van der Waals surface area contributed by atoms with Gasteiger partial charge in [-0.3, -0.25) is 9.52 Å². The van der Waals surface area contributed by atoms with E-state index in [2.05, 4.69) is 14.7 Å². The fourth-order valence-electron chi connectivity index (χ4n) is 2.78. The quantitative estimate of drug-likeness (QED) is 0.871. The number of nitrogens with one attached hydrogen (secondary N) is 1. The molecule has 2 aromatic rings. The molecule has 7 nitrogen and oxygen atoms in total. The fraction of sp³-hybridized carbons (Fsp3) is 0.500. The van der Waals surface area contributed by atoms with E-state index in [1.54, 1.807) is 5.51 Å². The summed E-state index contributed by atoms with van der Waals surface area (Å²) in [4.78, 5) is 25.0. The van der Waals surface area contributed by atoms with Crippen LogP contribution in [0.3, 0.4) is 0 Å². The maximum absolute atomic E-state index is 12.8. The van der Waals surface area contributed by atoms with E-state index in [1.165, 1.54) is 22.7 Å². The number of thiazole rings is 2. The number of anilines is 1. The van der Waals surface area contributed by atoms with Crippen LogP contribution in [0.2, 0.25) is 0 Å². The standard InChI is InChI=1S/C14H16N4O3S3/c1-24(20,21)17-14-16-9-4-5-18(6-10(9)23-14)13(19)12-11(8-2-3-8)15-7-22-12/h7-8H,2-6H2,1H3,(H,16,17). The second kappa shape index (κ2) is 5.78. The van der Waals surface area contributed by atoms with E-state index in [-0.39, 0.29) is 5.91 Å². The number of amides is 1. The van der Waals surface area contributed by atoms with Gasteiger partial charge >= 0.3 is 0 Å². The minimum atomic E-state index is -3.34. The van der Waals surface area contributed by atoms with Crippen molar-refractivity contribution in [3.8, 4) is 0 Å². The van der Waals surface area contributed by atoms with E-state index in [9.17, 15) is 13.2 Å². The van der Waals surface area contributed by atoms with Gasteiger partial charge in [0.25, 0.3) is 5.91 Å². The first-order chi connectivity index (χ1) is 11.4. The highest BCUT2D eigenvalue weighted by atomic mass is 32.2. The first kappa shape index (κ1) is 16.0. The van der Waals surface area contributed by atoms with E-state index in [4.69, 9.17) is 0 Å². The highest BCUT2D eigenvalue weighted by Crippen LogP contribution is 2.42. The molecule has 3 heterocycles. The second-order valence-electron chi connectivity index (χ2n) is 6.08. The molecular formula is C14H16N4O3S3. The number of hydrogen-bond acceptors (Lipinski definition) is 7.